The number of methoxy groups -OCH3 is 2. The first kappa shape index (κ1) is 23.2. The second-order valence-electron chi connectivity index (χ2n) is 8.64. The Morgan fingerprint density at radius 2 is 1.67 bits per heavy atom. The third-order valence-electron chi connectivity index (χ3n) is 6.34. The number of rotatable bonds is 6. The van der Waals surface area contributed by atoms with E-state index in [-0.39, 0.29) is 17.5 Å². The van der Waals surface area contributed by atoms with Crippen LogP contribution in [0.15, 0.2) is 59.1 Å². The lowest BCUT2D eigenvalue weighted by Gasteiger charge is -2.35. The molecule has 1 heterocycles. The second-order valence-corrected chi connectivity index (χ2v) is 9.56. The van der Waals surface area contributed by atoms with Gasteiger partial charge in [0, 0.05) is 10.4 Å². The van der Waals surface area contributed by atoms with Gasteiger partial charge >= 0.3 is 5.97 Å². The summed E-state index contributed by atoms with van der Waals surface area (Å²) in [5.74, 6) is 0.793. The minimum absolute atomic E-state index is 0.0218. The van der Waals surface area contributed by atoms with Gasteiger partial charge in [-0.15, -0.1) is 0 Å². The summed E-state index contributed by atoms with van der Waals surface area (Å²) in [5, 5.41) is 13.5. The zero-order chi connectivity index (χ0) is 23.7. The molecule has 1 aliphatic rings. The van der Waals surface area contributed by atoms with Crippen LogP contribution >= 0.6 is 15.9 Å². The first-order valence-corrected chi connectivity index (χ1v) is 11.8. The van der Waals surface area contributed by atoms with Gasteiger partial charge in [0.1, 0.15) is 0 Å². The standard InChI is InChI=1S/C27H28BrNO4/c1-15(2)16-5-7-17(8-6-16)23-14-20(18-9-10-24(32-3)25(11-18)33-4)21-12-19(28)13-22(27(30)31)26(21)29-23/h5-13,15,20,23,29H,14H2,1-4H3,(H,30,31)/t20-,23+/m0/s1. The van der Waals surface area contributed by atoms with E-state index in [1.54, 1.807) is 20.3 Å². The molecule has 172 valence electrons. The Morgan fingerprint density at radius 1 is 1.00 bits per heavy atom. The lowest BCUT2D eigenvalue weighted by Crippen LogP contribution is -2.24. The first-order chi connectivity index (χ1) is 15.8. The van der Waals surface area contributed by atoms with E-state index < -0.39 is 5.97 Å². The third kappa shape index (κ3) is 4.58. The molecule has 0 spiro atoms. The summed E-state index contributed by atoms with van der Waals surface area (Å²) >= 11 is 3.51. The lowest BCUT2D eigenvalue weighted by molar-refractivity contribution is 0.0697. The second kappa shape index (κ2) is 9.48. The first-order valence-electron chi connectivity index (χ1n) is 11.0. The van der Waals surface area contributed by atoms with Gasteiger partial charge in [-0.1, -0.05) is 60.1 Å². The SMILES string of the molecule is COc1ccc([C@@H]2C[C@H](c3ccc(C(C)C)cc3)Nc3c(C(=O)O)cc(Br)cc32)cc1OC. The molecule has 2 N–H and O–H groups in total. The van der Waals surface area contributed by atoms with Crippen molar-refractivity contribution in [3.8, 4) is 11.5 Å². The number of carbonyl (C=O) groups is 1. The molecular formula is C27H28BrNO4. The number of carboxylic acids is 1. The number of anilines is 1. The van der Waals surface area contributed by atoms with Crippen molar-refractivity contribution < 1.29 is 19.4 Å². The highest BCUT2D eigenvalue weighted by atomic mass is 79.9. The molecule has 0 bridgehead atoms. The molecule has 33 heavy (non-hydrogen) atoms. The molecule has 0 amide bonds. The molecule has 0 unspecified atom stereocenters. The van der Waals surface area contributed by atoms with Gasteiger partial charge in [-0.25, -0.2) is 4.79 Å². The van der Waals surface area contributed by atoms with Crippen molar-refractivity contribution in [1.82, 2.24) is 0 Å². The summed E-state index contributed by atoms with van der Waals surface area (Å²) in [6, 6.07) is 18.1. The Kier molecular flexibility index (Phi) is 6.66. The molecule has 3 aromatic rings. The molecule has 0 aromatic heterocycles. The summed E-state index contributed by atoms with van der Waals surface area (Å²) in [4.78, 5) is 12.1. The molecule has 1 aliphatic heterocycles. The molecule has 4 rings (SSSR count). The number of hydrogen-bond donors (Lipinski definition) is 2. The smallest absolute Gasteiger partial charge is 0.337 e. The highest BCUT2D eigenvalue weighted by molar-refractivity contribution is 9.10. The topological polar surface area (TPSA) is 67.8 Å². The monoisotopic (exact) mass is 509 g/mol. The Labute approximate surface area is 202 Å². The van der Waals surface area contributed by atoms with Gasteiger partial charge in [0.2, 0.25) is 0 Å². The molecular weight excluding hydrogens is 482 g/mol. The van der Waals surface area contributed by atoms with Crippen LogP contribution in [0.25, 0.3) is 0 Å². The maximum absolute atomic E-state index is 12.1. The molecule has 6 heteroatoms. The molecule has 0 radical (unpaired) electrons. The summed E-state index contributed by atoms with van der Waals surface area (Å²) in [6.07, 6.45) is 0.777. The average Bonchev–Trinajstić information content (AvgIpc) is 2.82. The average molecular weight is 510 g/mol. The maximum Gasteiger partial charge on any atom is 0.337 e. The van der Waals surface area contributed by atoms with E-state index >= 15 is 0 Å². The van der Waals surface area contributed by atoms with E-state index in [4.69, 9.17) is 9.47 Å². The fourth-order valence-corrected chi connectivity index (χ4v) is 5.02. The van der Waals surface area contributed by atoms with Crippen molar-refractivity contribution >= 4 is 27.6 Å². The van der Waals surface area contributed by atoms with Gasteiger partial charge in [-0.3, -0.25) is 0 Å². The van der Waals surface area contributed by atoms with Crippen LogP contribution in [-0.4, -0.2) is 25.3 Å². The molecule has 0 fully saturated rings. The third-order valence-corrected chi connectivity index (χ3v) is 6.80. The van der Waals surface area contributed by atoms with Gasteiger partial charge in [0.05, 0.1) is 31.5 Å². The quantitative estimate of drug-likeness (QED) is 0.375. The zero-order valence-electron chi connectivity index (χ0n) is 19.2. The van der Waals surface area contributed by atoms with E-state index in [0.717, 1.165) is 27.6 Å². The van der Waals surface area contributed by atoms with Crippen LogP contribution in [0, 0.1) is 0 Å². The summed E-state index contributed by atoms with van der Waals surface area (Å²) in [5.41, 5.74) is 5.33. The lowest BCUT2D eigenvalue weighted by atomic mass is 9.79. The Bertz CT molecular complexity index is 1170. The summed E-state index contributed by atoms with van der Waals surface area (Å²) < 4.78 is 11.7. The van der Waals surface area contributed by atoms with Crippen molar-refractivity contribution in [3.05, 3.63) is 86.9 Å². The number of carboxylic acid groups (broad SMARTS) is 1. The summed E-state index contributed by atoms with van der Waals surface area (Å²) in [6.45, 7) is 4.35. The van der Waals surface area contributed by atoms with Gasteiger partial charge in [0.25, 0.3) is 0 Å². The molecule has 0 aliphatic carbocycles. The van der Waals surface area contributed by atoms with E-state index in [9.17, 15) is 9.90 Å². The number of halogens is 1. The minimum Gasteiger partial charge on any atom is -0.493 e. The van der Waals surface area contributed by atoms with E-state index in [1.807, 2.05) is 24.3 Å². The van der Waals surface area contributed by atoms with Crippen molar-refractivity contribution in [1.29, 1.82) is 0 Å². The van der Waals surface area contributed by atoms with Gasteiger partial charge in [-0.2, -0.15) is 0 Å². The van der Waals surface area contributed by atoms with Crippen LogP contribution in [0.2, 0.25) is 0 Å². The maximum atomic E-state index is 12.1. The molecule has 3 aromatic carbocycles. The molecule has 0 saturated carbocycles. The molecule has 5 nitrogen and oxygen atoms in total. The van der Waals surface area contributed by atoms with Crippen LogP contribution in [0.4, 0.5) is 5.69 Å². The van der Waals surface area contributed by atoms with Crippen LogP contribution in [0.1, 0.15) is 70.8 Å². The van der Waals surface area contributed by atoms with Crippen molar-refractivity contribution in [2.24, 2.45) is 0 Å². The number of hydrogen-bond acceptors (Lipinski definition) is 4. The predicted octanol–water partition coefficient (Wildman–Crippen LogP) is 6.98. The van der Waals surface area contributed by atoms with E-state index in [2.05, 4.69) is 59.4 Å². The highest BCUT2D eigenvalue weighted by Crippen LogP contribution is 2.47. The van der Waals surface area contributed by atoms with Crippen LogP contribution < -0.4 is 14.8 Å². The van der Waals surface area contributed by atoms with Crippen molar-refractivity contribution in [2.75, 3.05) is 19.5 Å². The number of ether oxygens (including phenoxy) is 2. The largest absolute Gasteiger partial charge is 0.493 e. The highest BCUT2D eigenvalue weighted by Gasteiger charge is 2.32. The molecule has 2 atom stereocenters. The van der Waals surface area contributed by atoms with Gasteiger partial charge in [-0.05, 0) is 58.9 Å². The minimum atomic E-state index is -0.957. The van der Waals surface area contributed by atoms with Crippen LogP contribution in [-0.2, 0) is 0 Å². The molecule has 0 saturated heterocycles. The predicted molar refractivity (Wildman–Crippen MR) is 134 cm³/mol. The van der Waals surface area contributed by atoms with Gasteiger partial charge < -0.3 is 19.9 Å². The zero-order valence-corrected chi connectivity index (χ0v) is 20.8. The number of fused-ring (bicyclic) bond motifs is 1. The number of benzene rings is 3. The number of aromatic carboxylic acids is 1. The normalized spacial score (nSPS) is 17.3. The van der Waals surface area contributed by atoms with E-state index in [0.29, 0.717) is 23.1 Å². The van der Waals surface area contributed by atoms with E-state index in [1.165, 1.54) is 5.56 Å². The van der Waals surface area contributed by atoms with Crippen molar-refractivity contribution in [2.45, 2.75) is 38.1 Å². The Hall–Kier alpha value is -2.99. The fourth-order valence-electron chi connectivity index (χ4n) is 4.55. The number of nitrogens with one attached hydrogen (secondary N) is 1. The van der Waals surface area contributed by atoms with Gasteiger partial charge in [0.15, 0.2) is 11.5 Å². The van der Waals surface area contributed by atoms with Crippen molar-refractivity contribution in [3.63, 3.8) is 0 Å². The van der Waals surface area contributed by atoms with Crippen LogP contribution in [0.3, 0.4) is 0 Å². The Morgan fingerprint density at radius 3 is 2.27 bits per heavy atom. The Balaban J connectivity index is 1.84. The summed E-state index contributed by atoms with van der Waals surface area (Å²) in [7, 11) is 3.24. The fraction of sp³-hybridized carbons (Fsp3) is 0.296. The van der Waals surface area contributed by atoms with Crippen LogP contribution in [0.5, 0.6) is 11.5 Å².